The maximum Gasteiger partial charge on any atom is 0.348 e. The van der Waals surface area contributed by atoms with Crippen molar-refractivity contribution in [1.82, 2.24) is 9.13 Å². The lowest BCUT2D eigenvalue weighted by atomic mass is 10.1. The fraction of sp³-hybridized carbons (Fsp3) is 0.278. The van der Waals surface area contributed by atoms with E-state index in [1.54, 1.807) is 6.92 Å². The van der Waals surface area contributed by atoms with Crippen molar-refractivity contribution in [3.05, 3.63) is 54.7 Å². The summed E-state index contributed by atoms with van der Waals surface area (Å²) >= 11 is 0.877. The second-order valence-corrected chi connectivity index (χ2v) is 6.82. The molecule has 2 heterocycles. The number of nitrogens with zero attached hydrogens (tertiary/aromatic N) is 3. The van der Waals surface area contributed by atoms with Gasteiger partial charge in [-0.2, -0.15) is 5.26 Å². The van der Waals surface area contributed by atoms with E-state index in [1.165, 1.54) is 30.9 Å². The summed E-state index contributed by atoms with van der Waals surface area (Å²) in [5.41, 5.74) is 5.00. The number of ether oxygens (including phenoxy) is 2. The van der Waals surface area contributed by atoms with E-state index in [9.17, 15) is 24.4 Å². The number of hydrogen-bond donors (Lipinski definition) is 1. The van der Waals surface area contributed by atoms with Crippen molar-refractivity contribution in [3.8, 4) is 6.07 Å². The lowest BCUT2D eigenvalue weighted by molar-refractivity contribution is -0.138. The Kier molecular flexibility index (Phi) is 6.74. The standard InChI is InChI=1S/C18H18N4O6S/c1-4-27-17(25)14-12(11(7-19)15(20)29-14)9-28-13(23)6-5-10-8-21(2)18(26)22(3)16(10)24/h5-6,8H,4,9,20H2,1-3H3/b6-5+. The number of rotatable bonds is 6. The van der Waals surface area contributed by atoms with E-state index in [1.807, 2.05) is 6.07 Å². The fourth-order valence-electron chi connectivity index (χ4n) is 2.41. The largest absolute Gasteiger partial charge is 0.462 e. The summed E-state index contributed by atoms with van der Waals surface area (Å²) in [5, 5.41) is 9.37. The van der Waals surface area contributed by atoms with E-state index >= 15 is 0 Å². The number of anilines is 1. The molecule has 10 nitrogen and oxygen atoms in total. The second-order valence-electron chi connectivity index (χ2n) is 5.76. The molecule has 0 amide bonds. The number of nitrogens with two attached hydrogens (primary N) is 1. The van der Waals surface area contributed by atoms with Gasteiger partial charge in [-0.25, -0.2) is 14.4 Å². The molecular weight excluding hydrogens is 400 g/mol. The van der Waals surface area contributed by atoms with Gasteiger partial charge in [-0.3, -0.25) is 9.36 Å². The highest BCUT2D eigenvalue weighted by Crippen LogP contribution is 2.31. The van der Waals surface area contributed by atoms with Crippen LogP contribution < -0.4 is 17.0 Å². The number of thiophene rings is 1. The summed E-state index contributed by atoms with van der Waals surface area (Å²) in [4.78, 5) is 47.9. The van der Waals surface area contributed by atoms with E-state index in [0.717, 1.165) is 22.0 Å². The predicted molar refractivity (Wildman–Crippen MR) is 105 cm³/mol. The van der Waals surface area contributed by atoms with Gasteiger partial charge in [-0.15, -0.1) is 11.3 Å². The van der Waals surface area contributed by atoms with Gasteiger partial charge in [-0.1, -0.05) is 0 Å². The molecule has 152 valence electrons. The van der Waals surface area contributed by atoms with Crippen LogP contribution in [0.25, 0.3) is 6.08 Å². The van der Waals surface area contributed by atoms with Crippen molar-refractivity contribution in [1.29, 1.82) is 5.26 Å². The Hall–Kier alpha value is -3.65. The molecule has 2 aromatic rings. The minimum absolute atomic E-state index is 0.0433. The van der Waals surface area contributed by atoms with Gasteiger partial charge < -0.3 is 19.8 Å². The van der Waals surface area contributed by atoms with Crippen molar-refractivity contribution in [3.63, 3.8) is 0 Å². The monoisotopic (exact) mass is 418 g/mol. The van der Waals surface area contributed by atoms with Crippen molar-refractivity contribution >= 4 is 34.4 Å². The van der Waals surface area contributed by atoms with Crippen LogP contribution >= 0.6 is 11.3 Å². The zero-order valence-electron chi connectivity index (χ0n) is 15.9. The Labute approximate surface area is 169 Å². The van der Waals surface area contributed by atoms with Crippen LogP contribution in [0.15, 0.2) is 21.9 Å². The average molecular weight is 418 g/mol. The molecule has 2 aromatic heterocycles. The van der Waals surface area contributed by atoms with E-state index < -0.39 is 23.2 Å². The summed E-state index contributed by atoms with van der Waals surface area (Å²) in [6.07, 6.45) is 3.51. The third-order valence-electron chi connectivity index (χ3n) is 3.84. The molecule has 11 heteroatoms. The molecular formula is C18H18N4O6S. The zero-order valence-corrected chi connectivity index (χ0v) is 16.7. The van der Waals surface area contributed by atoms with Gasteiger partial charge in [0.2, 0.25) is 0 Å². The molecule has 0 aliphatic heterocycles. The summed E-state index contributed by atoms with van der Waals surface area (Å²) in [7, 11) is 2.79. The Balaban J connectivity index is 2.21. The number of nitriles is 1. The predicted octanol–water partition coefficient (Wildman–Crippen LogP) is 0.533. The van der Waals surface area contributed by atoms with Gasteiger partial charge in [0.05, 0.1) is 17.7 Å². The van der Waals surface area contributed by atoms with E-state index in [0.29, 0.717) is 0 Å². The molecule has 0 fully saturated rings. The molecule has 0 saturated heterocycles. The smallest absolute Gasteiger partial charge is 0.348 e. The third kappa shape index (κ3) is 4.61. The van der Waals surface area contributed by atoms with Crippen LogP contribution in [0.2, 0.25) is 0 Å². The molecule has 0 atom stereocenters. The maximum atomic E-state index is 12.0. The molecule has 29 heavy (non-hydrogen) atoms. The highest BCUT2D eigenvalue weighted by atomic mass is 32.1. The van der Waals surface area contributed by atoms with Crippen LogP contribution in [0.1, 0.15) is 33.3 Å². The lowest BCUT2D eigenvalue weighted by Gasteiger charge is -2.05. The summed E-state index contributed by atoms with van der Waals surface area (Å²) < 4.78 is 12.1. The first-order valence-electron chi connectivity index (χ1n) is 8.31. The van der Waals surface area contributed by atoms with Crippen LogP contribution in [0.5, 0.6) is 0 Å². The first-order valence-corrected chi connectivity index (χ1v) is 9.12. The number of nitrogen functional groups attached to an aromatic ring is 1. The van der Waals surface area contributed by atoms with E-state index in [2.05, 4.69) is 0 Å². The SMILES string of the molecule is CCOC(=O)c1sc(N)c(C#N)c1COC(=O)/C=C/c1cn(C)c(=O)n(C)c1=O. The maximum absolute atomic E-state index is 12.0. The number of esters is 2. The highest BCUT2D eigenvalue weighted by molar-refractivity contribution is 7.18. The van der Waals surface area contributed by atoms with Crippen LogP contribution in [-0.2, 0) is 35.0 Å². The van der Waals surface area contributed by atoms with E-state index in [4.69, 9.17) is 15.2 Å². The Morgan fingerprint density at radius 2 is 2.00 bits per heavy atom. The van der Waals surface area contributed by atoms with Gasteiger partial charge in [0.1, 0.15) is 22.6 Å². The molecule has 2 N–H and O–H groups in total. The molecule has 0 aliphatic carbocycles. The van der Waals surface area contributed by atoms with Crippen molar-refractivity contribution < 1.29 is 19.1 Å². The fourth-order valence-corrected chi connectivity index (χ4v) is 3.32. The number of carbonyl (C=O) groups excluding carboxylic acids is 2. The Morgan fingerprint density at radius 1 is 1.31 bits per heavy atom. The highest BCUT2D eigenvalue weighted by Gasteiger charge is 2.23. The van der Waals surface area contributed by atoms with Crippen LogP contribution in [0.4, 0.5) is 5.00 Å². The van der Waals surface area contributed by atoms with Crippen molar-refractivity contribution in [2.24, 2.45) is 14.1 Å². The van der Waals surface area contributed by atoms with Crippen LogP contribution in [0.3, 0.4) is 0 Å². The summed E-state index contributed by atoms with van der Waals surface area (Å²) in [6, 6.07) is 1.88. The number of carbonyl (C=O) groups is 2. The van der Waals surface area contributed by atoms with Gasteiger partial charge in [0.15, 0.2) is 0 Å². The zero-order chi connectivity index (χ0) is 21.7. The van der Waals surface area contributed by atoms with Gasteiger partial charge >= 0.3 is 17.6 Å². The molecule has 0 saturated carbocycles. The summed E-state index contributed by atoms with van der Waals surface area (Å²) in [5.74, 6) is -1.48. The Bertz CT molecular complexity index is 1150. The molecule has 0 radical (unpaired) electrons. The van der Waals surface area contributed by atoms with Gasteiger partial charge in [0, 0.05) is 31.9 Å². The molecule has 0 aromatic carbocycles. The molecule has 0 spiro atoms. The number of aromatic nitrogens is 2. The topological polar surface area (TPSA) is 146 Å². The van der Waals surface area contributed by atoms with Crippen molar-refractivity contribution in [2.45, 2.75) is 13.5 Å². The first kappa shape index (κ1) is 21.6. The van der Waals surface area contributed by atoms with Crippen LogP contribution in [0, 0.1) is 11.3 Å². The molecule has 0 bridgehead atoms. The molecule has 0 unspecified atom stereocenters. The molecule has 2 rings (SSSR count). The summed E-state index contributed by atoms with van der Waals surface area (Å²) in [6.45, 7) is 1.39. The number of hydrogen-bond acceptors (Lipinski definition) is 9. The molecule has 0 aliphatic rings. The van der Waals surface area contributed by atoms with Gasteiger partial charge in [0.25, 0.3) is 5.56 Å². The Morgan fingerprint density at radius 3 is 2.62 bits per heavy atom. The minimum Gasteiger partial charge on any atom is -0.462 e. The normalized spacial score (nSPS) is 10.7. The van der Waals surface area contributed by atoms with Crippen molar-refractivity contribution in [2.75, 3.05) is 12.3 Å². The van der Waals surface area contributed by atoms with Crippen LogP contribution in [-0.4, -0.2) is 27.7 Å². The minimum atomic E-state index is -0.815. The lowest BCUT2D eigenvalue weighted by Crippen LogP contribution is -2.37. The van der Waals surface area contributed by atoms with Gasteiger partial charge in [-0.05, 0) is 13.0 Å². The average Bonchev–Trinajstić information content (AvgIpc) is 3.02. The quantitative estimate of drug-likeness (QED) is 0.528. The van der Waals surface area contributed by atoms with E-state index in [-0.39, 0.29) is 39.8 Å². The number of aryl methyl sites for hydroxylation is 1. The second kappa shape index (κ2) is 9.03. The third-order valence-corrected chi connectivity index (χ3v) is 4.88. The first-order chi connectivity index (χ1) is 13.7.